The normalized spacial score (nSPS) is 16.2. The molecular weight excluding hydrogens is 278 g/mol. The van der Waals surface area contributed by atoms with E-state index in [1.807, 2.05) is 0 Å². The standard InChI is InChI=1S/C19H23N.ClH/c1-19(16-8-4-2-5-9-16,17-10-6-3-7-11-17)18-12-14-20-15-13-18;/h2-11,18,20H,12-15H2,1H3;1H. The van der Waals surface area contributed by atoms with Crippen molar-refractivity contribution in [1.29, 1.82) is 0 Å². The van der Waals surface area contributed by atoms with Crippen molar-refractivity contribution in [1.82, 2.24) is 5.32 Å². The molecular formula is C19H24ClN. The number of rotatable bonds is 3. The van der Waals surface area contributed by atoms with Crippen LogP contribution in [-0.2, 0) is 5.41 Å². The van der Waals surface area contributed by atoms with Gasteiger partial charge in [0.1, 0.15) is 0 Å². The minimum atomic E-state index is 0. The number of hydrogen-bond acceptors (Lipinski definition) is 1. The fourth-order valence-corrected chi connectivity index (χ4v) is 3.61. The van der Waals surface area contributed by atoms with Gasteiger partial charge in [-0.05, 0) is 43.0 Å². The highest BCUT2D eigenvalue weighted by molar-refractivity contribution is 5.85. The van der Waals surface area contributed by atoms with Crippen LogP contribution in [0.15, 0.2) is 60.7 Å². The molecule has 2 aromatic carbocycles. The number of hydrogen-bond donors (Lipinski definition) is 1. The average molecular weight is 302 g/mol. The summed E-state index contributed by atoms with van der Waals surface area (Å²) in [6.45, 7) is 4.70. The minimum Gasteiger partial charge on any atom is -0.317 e. The Morgan fingerprint density at radius 2 is 1.24 bits per heavy atom. The van der Waals surface area contributed by atoms with Gasteiger partial charge in [-0.25, -0.2) is 0 Å². The predicted molar refractivity (Wildman–Crippen MR) is 92.2 cm³/mol. The summed E-state index contributed by atoms with van der Waals surface area (Å²) in [5.41, 5.74) is 3.00. The van der Waals surface area contributed by atoms with Crippen LogP contribution in [0.5, 0.6) is 0 Å². The maximum absolute atomic E-state index is 3.49. The topological polar surface area (TPSA) is 12.0 Å². The Hall–Kier alpha value is -1.31. The summed E-state index contributed by atoms with van der Waals surface area (Å²) in [6, 6.07) is 22.0. The maximum atomic E-state index is 3.49. The molecule has 0 unspecified atom stereocenters. The van der Waals surface area contributed by atoms with E-state index in [-0.39, 0.29) is 17.8 Å². The summed E-state index contributed by atoms with van der Waals surface area (Å²) < 4.78 is 0. The summed E-state index contributed by atoms with van der Waals surface area (Å²) in [7, 11) is 0. The van der Waals surface area contributed by atoms with Gasteiger partial charge in [-0.15, -0.1) is 12.4 Å². The van der Waals surface area contributed by atoms with Crippen molar-refractivity contribution in [3.05, 3.63) is 71.8 Å². The van der Waals surface area contributed by atoms with Gasteiger partial charge in [-0.2, -0.15) is 0 Å². The second kappa shape index (κ2) is 7.11. The molecule has 0 bridgehead atoms. The van der Waals surface area contributed by atoms with Crippen LogP contribution in [0.4, 0.5) is 0 Å². The smallest absolute Gasteiger partial charge is 0.0203 e. The van der Waals surface area contributed by atoms with E-state index in [1.165, 1.54) is 24.0 Å². The van der Waals surface area contributed by atoms with Crippen molar-refractivity contribution in [3.8, 4) is 0 Å². The largest absolute Gasteiger partial charge is 0.317 e. The Kier molecular flexibility index (Phi) is 5.44. The molecule has 1 saturated heterocycles. The van der Waals surface area contributed by atoms with Crippen LogP contribution in [0.2, 0.25) is 0 Å². The zero-order chi connectivity index (χ0) is 13.8. The van der Waals surface area contributed by atoms with Gasteiger partial charge in [0.05, 0.1) is 0 Å². The van der Waals surface area contributed by atoms with E-state index >= 15 is 0 Å². The summed E-state index contributed by atoms with van der Waals surface area (Å²) in [5, 5.41) is 3.49. The predicted octanol–water partition coefficient (Wildman–Crippen LogP) is 4.41. The zero-order valence-corrected chi connectivity index (χ0v) is 13.4. The van der Waals surface area contributed by atoms with Crippen LogP contribution < -0.4 is 5.32 Å². The Morgan fingerprint density at radius 1 is 0.810 bits per heavy atom. The summed E-state index contributed by atoms with van der Waals surface area (Å²) in [4.78, 5) is 0. The molecule has 112 valence electrons. The molecule has 0 saturated carbocycles. The molecule has 1 nitrogen and oxygen atoms in total. The SMILES string of the molecule is CC(c1ccccc1)(c1ccccc1)C1CCNCC1.Cl. The van der Waals surface area contributed by atoms with Crippen LogP contribution in [-0.4, -0.2) is 13.1 Å². The van der Waals surface area contributed by atoms with E-state index in [9.17, 15) is 0 Å². The van der Waals surface area contributed by atoms with E-state index in [0.717, 1.165) is 13.1 Å². The van der Waals surface area contributed by atoms with Gasteiger partial charge in [0.15, 0.2) is 0 Å². The number of benzene rings is 2. The Morgan fingerprint density at radius 3 is 1.67 bits per heavy atom. The monoisotopic (exact) mass is 301 g/mol. The van der Waals surface area contributed by atoms with E-state index < -0.39 is 0 Å². The van der Waals surface area contributed by atoms with Crippen molar-refractivity contribution in [3.63, 3.8) is 0 Å². The quantitative estimate of drug-likeness (QED) is 0.885. The fourth-order valence-electron chi connectivity index (χ4n) is 3.61. The van der Waals surface area contributed by atoms with E-state index in [4.69, 9.17) is 0 Å². The first-order chi connectivity index (χ1) is 9.82. The van der Waals surface area contributed by atoms with Gasteiger partial charge in [0.25, 0.3) is 0 Å². The van der Waals surface area contributed by atoms with Gasteiger partial charge in [-0.3, -0.25) is 0 Å². The molecule has 3 rings (SSSR count). The lowest BCUT2D eigenvalue weighted by molar-refractivity contribution is 0.266. The minimum absolute atomic E-state index is 0. The first-order valence-electron chi connectivity index (χ1n) is 7.63. The first-order valence-corrected chi connectivity index (χ1v) is 7.63. The van der Waals surface area contributed by atoms with Crippen molar-refractivity contribution in [2.24, 2.45) is 5.92 Å². The Bertz CT molecular complexity index is 493. The number of halogens is 1. The third-order valence-electron chi connectivity index (χ3n) is 4.90. The zero-order valence-electron chi connectivity index (χ0n) is 12.6. The molecule has 0 atom stereocenters. The maximum Gasteiger partial charge on any atom is 0.0203 e. The van der Waals surface area contributed by atoms with E-state index in [0.29, 0.717) is 5.92 Å². The molecule has 1 N–H and O–H groups in total. The molecule has 1 fully saturated rings. The Balaban J connectivity index is 0.00000161. The molecule has 0 spiro atoms. The van der Waals surface area contributed by atoms with Gasteiger partial charge in [-0.1, -0.05) is 67.6 Å². The summed E-state index contributed by atoms with van der Waals surface area (Å²) >= 11 is 0. The van der Waals surface area contributed by atoms with Crippen molar-refractivity contribution in [2.75, 3.05) is 13.1 Å². The molecule has 1 aliphatic heterocycles. The van der Waals surface area contributed by atoms with Crippen LogP contribution in [0, 0.1) is 5.92 Å². The molecule has 0 amide bonds. The highest BCUT2D eigenvalue weighted by atomic mass is 35.5. The van der Waals surface area contributed by atoms with E-state index in [1.54, 1.807) is 0 Å². The molecule has 2 aromatic rings. The molecule has 0 aromatic heterocycles. The lowest BCUT2D eigenvalue weighted by atomic mass is 9.64. The highest BCUT2D eigenvalue weighted by Gasteiger charge is 2.37. The second-order valence-corrected chi connectivity index (χ2v) is 5.96. The van der Waals surface area contributed by atoms with Gasteiger partial charge < -0.3 is 5.32 Å². The molecule has 0 aliphatic carbocycles. The van der Waals surface area contributed by atoms with Crippen molar-refractivity contribution < 1.29 is 0 Å². The van der Waals surface area contributed by atoms with Gasteiger partial charge >= 0.3 is 0 Å². The molecule has 2 heteroatoms. The van der Waals surface area contributed by atoms with Crippen molar-refractivity contribution >= 4 is 12.4 Å². The molecule has 1 heterocycles. The summed E-state index contributed by atoms with van der Waals surface area (Å²) in [6.07, 6.45) is 2.50. The van der Waals surface area contributed by atoms with Crippen LogP contribution in [0.1, 0.15) is 30.9 Å². The third kappa shape index (κ3) is 3.14. The van der Waals surface area contributed by atoms with E-state index in [2.05, 4.69) is 72.9 Å². The van der Waals surface area contributed by atoms with Crippen LogP contribution in [0.25, 0.3) is 0 Å². The molecule has 1 aliphatic rings. The van der Waals surface area contributed by atoms with Crippen molar-refractivity contribution in [2.45, 2.75) is 25.2 Å². The first kappa shape index (κ1) is 16.1. The average Bonchev–Trinajstić information content (AvgIpc) is 2.56. The summed E-state index contributed by atoms with van der Waals surface area (Å²) in [5.74, 6) is 0.702. The Labute approximate surface area is 134 Å². The number of piperidine rings is 1. The third-order valence-corrected chi connectivity index (χ3v) is 4.90. The van der Waals surface area contributed by atoms with Crippen LogP contribution in [0.3, 0.4) is 0 Å². The van der Waals surface area contributed by atoms with Gasteiger partial charge in [0, 0.05) is 5.41 Å². The lowest BCUT2D eigenvalue weighted by Crippen LogP contribution is -2.40. The van der Waals surface area contributed by atoms with Crippen LogP contribution >= 0.6 is 12.4 Å². The molecule has 0 radical (unpaired) electrons. The lowest BCUT2D eigenvalue weighted by Gasteiger charge is -2.41. The number of nitrogens with one attached hydrogen (secondary N) is 1. The molecule has 21 heavy (non-hydrogen) atoms. The highest BCUT2D eigenvalue weighted by Crippen LogP contribution is 2.42. The fraction of sp³-hybridized carbons (Fsp3) is 0.368. The second-order valence-electron chi connectivity index (χ2n) is 5.96. The van der Waals surface area contributed by atoms with Gasteiger partial charge in [0.2, 0.25) is 0 Å².